The number of amides is 2. The lowest BCUT2D eigenvalue weighted by Gasteiger charge is -2.48. The van der Waals surface area contributed by atoms with Crippen LogP contribution in [0.3, 0.4) is 0 Å². The highest BCUT2D eigenvalue weighted by molar-refractivity contribution is 8.00. The molecule has 2 atom stereocenters. The summed E-state index contributed by atoms with van der Waals surface area (Å²) in [5.41, 5.74) is 2.81. The first-order valence-electron chi connectivity index (χ1n) is 4.26. The quantitative estimate of drug-likeness (QED) is 0.197. The molecule has 0 spiro atoms. The number of hydrazine groups is 1. The minimum absolute atomic E-state index is 0.00282. The van der Waals surface area contributed by atoms with E-state index in [-0.39, 0.29) is 17.2 Å². The highest BCUT2D eigenvalue weighted by atomic mass is 32.2. The first-order valence-corrected chi connectivity index (χ1v) is 5.31. The molecule has 0 radical (unpaired) electrons. The largest absolute Gasteiger partial charge is 0.314 e. The third-order valence-electron chi connectivity index (χ3n) is 2.46. The number of hydrogen-bond donors (Lipinski definition) is 2. The number of carbonyl (C=O) groups excluding carboxylic acids is 2. The second kappa shape index (κ2) is 3.29. The maximum atomic E-state index is 11.4. The average molecular weight is 213 g/mol. The van der Waals surface area contributed by atoms with Gasteiger partial charge in [-0.2, -0.15) is 0 Å². The molecule has 76 valence electrons. The zero-order chi connectivity index (χ0) is 10.3. The Labute approximate surface area is 85.7 Å². The number of nitrogens with two attached hydrogens (primary N) is 1. The van der Waals surface area contributed by atoms with Crippen LogP contribution in [0.5, 0.6) is 0 Å². The van der Waals surface area contributed by atoms with Gasteiger partial charge in [0.25, 0.3) is 5.91 Å². The van der Waals surface area contributed by atoms with Crippen molar-refractivity contribution in [2.75, 3.05) is 5.75 Å². The van der Waals surface area contributed by atoms with Crippen molar-refractivity contribution in [2.45, 2.75) is 17.8 Å². The predicted molar refractivity (Wildman–Crippen MR) is 53.0 cm³/mol. The minimum atomic E-state index is -0.563. The molecule has 3 N–H and O–H groups in total. The number of fused-ring (bicyclic) bond motifs is 1. The lowest BCUT2D eigenvalue weighted by atomic mass is 10.0. The third kappa shape index (κ3) is 1.22. The van der Waals surface area contributed by atoms with E-state index in [1.807, 2.05) is 0 Å². The van der Waals surface area contributed by atoms with Crippen molar-refractivity contribution in [1.29, 1.82) is 0 Å². The van der Waals surface area contributed by atoms with Crippen LogP contribution in [0.1, 0.15) is 6.42 Å². The number of nitrogens with zero attached hydrogens (tertiary/aromatic N) is 1. The summed E-state index contributed by atoms with van der Waals surface area (Å²) in [6.45, 7) is 3.79. The molecule has 0 aromatic heterocycles. The van der Waals surface area contributed by atoms with Gasteiger partial charge in [-0.3, -0.25) is 15.0 Å². The molecule has 2 aliphatic rings. The van der Waals surface area contributed by atoms with Gasteiger partial charge in [-0.1, -0.05) is 6.58 Å². The van der Waals surface area contributed by atoms with Crippen LogP contribution < -0.4 is 11.3 Å². The lowest BCUT2D eigenvalue weighted by Crippen LogP contribution is -2.63. The van der Waals surface area contributed by atoms with Gasteiger partial charge in [0.15, 0.2) is 0 Å². The Balaban J connectivity index is 2.21. The van der Waals surface area contributed by atoms with Crippen molar-refractivity contribution in [3.05, 3.63) is 12.2 Å². The number of β-lactam (4-membered cyclic amide) rings is 1. The molecule has 0 aromatic rings. The van der Waals surface area contributed by atoms with Gasteiger partial charge in [0.2, 0.25) is 5.91 Å². The second-order valence-electron chi connectivity index (χ2n) is 3.34. The summed E-state index contributed by atoms with van der Waals surface area (Å²) in [4.78, 5) is 24.3. The monoisotopic (exact) mass is 213 g/mol. The van der Waals surface area contributed by atoms with Gasteiger partial charge in [0.05, 0.1) is 11.8 Å². The fourth-order valence-corrected chi connectivity index (χ4v) is 2.94. The van der Waals surface area contributed by atoms with Gasteiger partial charge in [0, 0.05) is 5.75 Å². The van der Waals surface area contributed by atoms with Crippen LogP contribution in [0.15, 0.2) is 12.2 Å². The summed E-state index contributed by atoms with van der Waals surface area (Å²) in [5.74, 6) is 5.42. The van der Waals surface area contributed by atoms with Gasteiger partial charge in [-0.15, -0.1) is 11.8 Å². The Morgan fingerprint density at radius 3 is 3.00 bits per heavy atom. The maximum absolute atomic E-state index is 11.4. The molecule has 2 heterocycles. The van der Waals surface area contributed by atoms with E-state index in [4.69, 9.17) is 5.84 Å². The first-order chi connectivity index (χ1) is 6.65. The summed E-state index contributed by atoms with van der Waals surface area (Å²) >= 11 is 1.64. The number of hydrogen-bond acceptors (Lipinski definition) is 4. The molecule has 2 amide bonds. The van der Waals surface area contributed by atoms with Crippen molar-refractivity contribution in [3.63, 3.8) is 0 Å². The van der Waals surface area contributed by atoms with Crippen LogP contribution in [0.2, 0.25) is 0 Å². The molecule has 0 aliphatic carbocycles. The van der Waals surface area contributed by atoms with Gasteiger partial charge >= 0.3 is 0 Å². The van der Waals surface area contributed by atoms with Crippen LogP contribution in [0, 0.1) is 0 Å². The topological polar surface area (TPSA) is 75.4 Å². The highest BCUT2D eigenvalue weighted by Crippen LogP contribution is 2.39. The minimum Gasteiger partial charge on any atom is -0.314 e. The standard InChI is InChI=1S/C8H11N3O2S/c1-4-3-14-6-2-5(12)11(6)7(4)8(13)10-9/h6-7H,1-3,9H2,(H,10,13)/t6-,7?/m0/s1. The van der Waals surface area contributed by atoms with Crippen LogP contribution >= 0.6 is 11.8 Å². The number of carbonyl (C=O) groups is 2. The van der Waals surface area contributed by atoms with E-state index in [2.05, 4.69) is 12.0 Å². The summed E-state index contributed by atoms with van der Waals surface area (Å²) in [7, 11) is 0. The molecule has 0 bridgehead atoms. The molecule has 14 heavy (non-hydrogen) atoms. The number of nitrogens with one attached hydrogen (secondary N) is 1. The molecule has 2 fully saturated rings. The summed E-state index contributed by atoms with van der Waals surface area (Å²) in [6.07, 6.45) is 0.520. The van der Waals surface area contributed by atoms with Crippen LogP contribution in [-0.4, -0.2) is 33.9 Å². The molecule has 5 nitrogen and oxygen atoms in total. The zero-order valence-electron chi connectivity index (χ0n) is 7.53. The van der Waals surface area contributed by atoms with Crippen LogP contribution in [0.4, 0.5) is 0 Å². The maximum Gasteiger partial charge on any atom is 0.261 e. The molecule has 6 heteroatoms. The molecule has 2 rings (SSSR count). The van der Waals surface area contributed by atoms with Crippen molar-refractivity contribution >= 4 is 23.6 Å². The van der Waals surface area contributed by atoms with E-state index < -0.39 is 6.04 Å². The molecular formula is C8H11N3O2S. The first kappa shape index (κ1) is 9.54. The number of rotatable bonds is 1. The summed E-state index contributed by atoms with van der Waals surface area (Å²) < 4.78 is 0. The molecule has 0 aromatic carbocycles. The van der Waals surface area contributed by atoms with Crippen LogP contribution in [0.25, 0.3) is 0 Å². The third-order valence-corrected chi connectivity index (χ3v) is 3.78. The summed E-state index contributed by atoms with van der Waals surface area (Å²) in [5, 5.41) is 0.135. The fourth-order valence-electron chi connectivity index (χ4n) is 1.72. The highest BCUT2D eigenvalue weighted by Gasteiger charge is 2.47. The molecule has 0 saturated carbocycles. The smallest absolute Gasteiger partial charge is 0.261 e. The van der Waals surface area contributed by atoms with Gasteiger partial charge in [-0.05, 0) is 5.57 Å². The molecule has 2 saturated heterocycles. The SMILES string of the molecule is C=C1CS[C@H]2CC(=O)N2C1C(=O)NN. The molecular weight excluding hydrogens is 202 g/mol. The summed E-state index contributed by atoms with van der Waals surface area (Å²) in [6, 6.07) is -0.563. The predicted octanol–water partition coefficient (Wildman–Crippen LogP) is -0.794. The van der Waals surface area contributed by atoms with Crippen molar-refractivity contribution in [3.8, 4) is 0 Å². The van der Waals surface area contributed by atoms with E-state index in [1.54, 1.807) is 16.7 Å². The zero-order valence-corrected chi connectivity index (χ0v) is 8.34. The van der Waals surface area contributed by atoms with Crippen molar-refractivity contribution in [1.82, 2.24) is 10.3 Å². The van der Waals surface area contributed by atoms with E-state index >= 15 is 0 Å². The Hall–Kier alpha value is -1.01. The van der Waals surface area contributed by atoms with E-state index in [1.165, 1.54) is 0 Å². The van der Waals surface area contributed by atoms with Crippen molar-refractivity contribution in [2.24, 2.45) is 5.84 Å². The molecule has 1 unspecified atom stereocenters. The Kier molecular flexibility index (Phi) is 2.24. The van der Waals surface area contributed by atoms with Crippen LogP contribution in [-0.2, 0) is 9.59 Å². The second-order valence-corrected chi connectivity index (χ2v) is 4.51. The number of thioether (sulfide) groups is 1. The Bertz CT molecular complexity index is 310. The van der Waals surface area contributed by atoms with Gasteiger partial charge in [-0.25, -0.2) is 5.84 Å². The Morgan fingerprint density at radius 1 is 1.71 bits per heavy atom. The molecule has 2 aliphatic heterocycles. The fraction of sp³-hybridized carbons (Fsp3) is 0.500. The van der Waals surface area contributed by atoms with E-state index in [0.717, 1.165) is 5.57 Å². The van der Waals surface area contributed by atoms with Crippen molar-refractivity contribution < 1.29 is 9.59 Å². The van der Waals surface area contributed by atoms with Gasteiger partial charge < -0.3 is 4.90 Å². The van der Waals surface area contributed by atoms with E-state index in [9.17, 15) is 9.59 Å². The Morgan fingerprint density at radius 2 is 2.43 bits per heavy atom. The lowest BCUT2D eigenvalue weighted by molar-refractivity contribution is -0.149. The van der Waals surface area contributed by atoms with E-state index in [0.29, 0.717) is 12.2 Å². The normalized spacial score (nSPS) is 30.8. The average Bonchev–Trinajstić information content (AvgIpc) is 2.17. The van der Waals surface area contributed by atoms with Gasteiger partial charge in [0.1, 0.15) is 6.04 Å².